The van der Waals surface area contributed by atoms with Crippen molar-refractivity contribution in [3.63, 3.8) is 0 Å². The van der Waals surface area contributed by atoms with Gasteiger partial charge >= 0.3 is 12.4 Å². The molecule has 0 aliphatic carbocycles. The van der Waals surface area contributed by atoms with Gasteiger partial charge in [0.15, 0.2) is 6.29 Å². The van der Waals surface area contributed by atoms with E-state index < -0.39 is 29.8 Å². The zero-order valence-electron chi connectivity index (χ0n) is 8.32. The van der Waals surface area contributed by atoms with Crippen molar-refractivity contribution >= 4 is 12.6 Å². The van der Waals surface area contributed by atoms with Crippen molar-refractivity contribution in [2.45, 2.75) is 29.8 Å². The first-order valence-corrected chi connectivity index (χ1v) is 4.35. The molecule has 0 amide bonds. The third-order valence-electron chi connectivity index (χ3n) is 1.93. The monoisotopic (exact) mass is 272 g/mol. The average molecular weight is 272 g/mol. The Morgan fingerprint density at radius 1 is 0.938 bits per heavy atom. The molecule has 9 heteroatoms. The highest BCUT2D eigenvalue weighted by Gasteiger charge is 2.69. The minimum atomic E-state index is -5.55. The summed E-state index contributed by atoms with van der Waals surface area (Å²) in [5.41, 5.74) is 0. The summed E-state index contributed by atoms with van der Waals surface area (Å²) in [6, 6.07) is 0. The van der Waals surface area contributed by atoms with Crippen molar-refractivity contribution in [2.75, 3.05) is 14.2 Å². The minimum absolute atomic E-state index is 0.940. The highest BCUT2D eigenvalue weighted by atomic mass is 32.1. The second-order valence-corrected chi connectivity index (χ2v) is 3.72. The van der Waals surface area contributed by atoms with E-state index in [1.54, 1.807) is 0 Å². The van der Waals surface area contributed by atoms with Gasteiger partial charge in [0.25, 0.3) is 0 Å². The van der Waals surface area contributed by atoms with Gasteiger partial charge in [0.05, 0.1) is 0 Å². The largest absolute Gasteiger partial charge is 0.412 e. The lowest BCUT2D eigenvalue weighted by atomic mass is 10.0. The van der Waals surface area contributed by atoms with Gasteiger partial charge in [0.1, 0.15) is 0 Å². The second-order valence-electron chi connectivity index (χ2n) is 2.96. The molecule has 0 radical (unpaired) electrons. The van der Waals surface area contributed by atoms with Gasteiger partial charge in [0.2, 0.25) is 4.75 Å². The molecule has 0 aromatic rings. The molecule has 2 nitrogen and oxygen atoms in total. The van der Waals surface area contributed by atoms with Crippen molar-refractivity contribution in [2.24, 2.45) is 0 Å². The summed E-state index contributed by atoms with van der Waals surface area (Å²) in [6.45, 7) is 0. The standard InChI is InChI=1S/C7H10F6O2S/c1-14-4(15-2)3-5(16,6(8,9)10)7(11,12)13/h4,16H,3H2,1-2H3. The highest BCUT2D eigenvalue weighted by molar-refractivity contribution is 7.82. The molecule has 0 N–H and O–H groups in total. The first-order chi connectivity index (χ1) is 6.99. The summed E-state index contributed by atoms with van der Waals surface area (Å²) in [5, 5.41) is 0. The fourth-order valence-corrected chi connectivity index (χ4v) is 1.05. The Morgan fingerprint density at radius 3 is 1.44 bits per heavy atom. The van der Waals surface area contributed by atoms with E-state index >= 15 is 0 Å². The van der Waals surface area contributed by atoms with Crippen LogP contribution in [-0.2, 0) is 9.47 Å². The summed E-state index contributed by atoms with van der Waals surface area (Å²) in [4.78, 5) is 0. The van der Waals surface area contributed by atoms with Gasteiger partial charge in [-0.15, -0.1) is 0 Å². The van der Waals surface area contributed by atoms with Crippen LogP contribution in [0.25, 0.3) is 0 Å². The Labute approximate surface area is 93.3 Å². The third-order valence-corrected chi connectivity index (χ3v) is 2.62. The topological polar surface area (TPSA) is 18.5 Å². The van der Waals surface area contributed by atoms with Gasteiger partial charge < -0.3 is 9.47 Å². The van der Waals surface area contributed by atoms with Crippen LogP contribution in [0.1, 0.15) is 6.42 Å². The molecule has 0 spiro atoms. The fourth-order valence-electron chi connectivity index (χ4n) is 0.896. The maximum absolute atomic E-state index is 12.3. The van der Waals surface area contributed by atoms with E-state index in [4.69, 9.17) is 0 Å². The van der Waals surface area contributed by atoms with E-state index in [9.17, 15) is 26.3 Å². The fraction of sp³-hybridized carbons (Fsp3) is 1.00. The number of hydrogen-bond acceptors (Lipinski definition) is 3. The summed E-state index contributed by atoms with van der Waals surface area (Å²) in [5.74, 6) is 0. The molecule has 0 saturated carbocycles. The van der Waals surface area contributed by atoms with Crippen LogP contribution in [0.4, 0.5) is 26.3 Å². The quantitative estimate of drug-likeness (QED) is 0.482. The van der Waals surface area contributed by atoms with Crippen molar-refractivity contribution in [3.8, 4) is 0 Å². The number of ether oxygens (including phenoxy) is 2. The van der Waals surface area contributed by atoms with Crippen molar-refractivity contribution in [3.05, 3.63) is 0 Å². The number of alkyl halides is 6. The Bertz CT molecular complexity index is 208. The maximum atomic E-state index is 12.3. The van der Waals surface area contributed by atoms with E-state index in [2.05, 4.69) is 22.1 Å². The van der Waals surface area contributed by atoms with E-state index in [1.165, 1.54) is 0 Å². The second kappa shape index (κ2) is 5.01. The molecule has 0 atom stereocenters. The molecule has 0 aliphatic rings. The summed E-state index contributed by atoms with van der Waals surface area (Å²) < 4.78 is 78.4. The smallest absolute Gasteiger partial charge is 0.356 e. The highest BCUT2D eigenvalue weighted by Crippen LogP contribution is 2.50. The lowest BCUT2D eigenvalue weighted by Gasteiger charge is -2.34. The van der Waals surface area contributed by atoms with Gasteiger partial charge in [-0.1, -0.05) is 0 Å². The summed E-state index contributed by atoms with van der Waals surface area (Å²) in [7, 11) is 1.88. The van der Waals surface area contributed by atoms with E-state index in [0.29, 0.717) is 0 Å². The van der Waals surface area contributed by atoms with Crippen LogP contribution in [-0.4, -0.2) is 37.6 Å². The first kappa shape index (κ1) is 15.9. The summed E-state index contributed by atoms with van der Waals surface area (Å²) >= 11 is 2.72. The number of halogens is 6. The third kappa shape index (κ3) is 3.17. The zero-order valence-corrected chi connectivity index (χ0v) is 9.21. The molecule has 0 aromatic carbocycles. The van der Waals surface area contributed by atoms with Crippen molar-refractivity contribution in [1.82, 2.24) is 0 Å². The van der Waals surface area contributed by atoms with Gasteiger partial charge in [-0.2, -0.15) is 39.0 Å². The molecule has 0 unspecified atom stereocenters. The van der Waals surface area contributed by atoms with Crippen LogP contribution >= 0.6 is 12.6 Å². The van der Waals surface area contributed by atoms with Crippen molar-refractivity contribution in [1.29, 1.82) is 0 Å². The Kier molecular flexibility index (Phi) is 4.96. The van der Waals surface area contributed by atoms with Crippen LogP contribution < -0.4 is 0 Å². The molecule has 0 bridgehead atoms. The zero-order chi connectivity index (χ0) is 13.2. The van der Waals surface area contributed by atoms with Gasteiger partial charge in [-0.05, 0) is 0 Å². The molecule has 0 aliphatic heterocycles. The molecular formula is C7H10F6O2S. The van der Waals surface area contributed by atoms with Crippen LogP contribution in [0.15, 0.2) is 0 Å². The lowest BCUT2D eigenvalue weighted by molar-refractivity contribution is -0.279. The Balaban J connectivity index is 5.12. The predicted octanol–water partition coefficient (Wildman–Crippen LogP) is 2.79. The SMILES string of the molecule is COC(CC(S)(C(F)(F)F)C(F)(F)F)OC. The van der Waals surface area contributed by atoms with Crippen LogP contribution in [0.2, 0.25) is 0 Å². The average Bonchev–Trinajstić information content (AvgIpc) is 2.10. The minimum Gasteiger partial charge on any atom is -0.356 e. The first-order valence-electron chi connectivity index (χ1n) is 3.91. The lowest BCUT2D eigenvalue weighted by Crippen LogP contribution is -2.54. The number of rotatable bonds is 4. The normalized spacial score (nSPS) is 14.6. The van der Waals surface area contributed by atoms with Crippen LogP contribution in [0.5, 0.6) is 0 Å². The van der Waals surface area contributed by atoms with E-state index in [0.717, 1.165) is 14.2 Å². The van der Waals surface area contributed by atoms with Gasteiger partial charge in [-0.25, -0.2) is 0 Å². The molecule has 0 aromatic heterocycles. The molecule has 0 fully saturated rings. The Hall–Kier alpha value is -0.150. The molecule has 16 heavy (non-hydrogen) atoms. The van der Waals surface area contributed by atoms with Gasteiger partial charge in [-0.3, -0.25) is 0 Å². The van der Waals surface area contributed by atoms with Crippen LogP contribution in [0, 0.1) is 0 Å². The molecular weight excluding hydrogens is 262 g/mol. The predicted molar refractivity (Wildman–Crippen MR) is 46.3 cm³/mol. The molecule has 98 valence electrons. The Morgan fingerprint density at radius 2 is 1.25 bits per heavy atom. The number of thiol groups is 1. The van der Waals surface area contributed by atoms with E-state index in [-0.39, 0.29) is 0 Å². The van der Waals surface area contributed by atoms with E-state index in [1.807, 2.05) is 0 Å². The van der Waals surface area contributed by atoms with Crippen molar-refractivity contribution < 1.29 is 35.8 Å². The maximum Gasteiger partial charge on any atom is 0.412 e. The summed E-state index contributed by atoms with van der Waals surface area (Å²) in [6.07, 6.45) is -14.2. The number of methoxy groups -OCH3 is 2. The number of hydrogen-bond donors (Lipinski definition) is 1. The molecule has 0 rings (SSSR count). The van der Waals surface area contributed by atoms with Gasteiger partial charge in [0, 0.05) is 20.6 Å². The molecule has 0 saturated heterocycles. The van der Waals surface area contributed by atoms with Crippen LogP contribution in [0.3, 0.4) is 0 Å². The molecule has 0 heterocycles.